The number of carbonyl (C=O) groups excluding carboxylic acids is 5. The van der Waals surface area contributed by atoms with Gasteiger partial charge in [0, 0.05) is 75.8 Å². The van der Waals surface area contributed by atoms with Gasteiger partial charge in [-0.25, -0.2) is 9.97 Å². The highest BCUT2D eigenvalue weighted by molar-refractivity contribution is 6.05. The number of allylic oxidation sites excluding steroid dienone is 6. The van der Waals surface area contributed by atoms with Crippen LogP contribution in [0.1, 0.15) is 257 Å². The van der Waals surface area contributed by atoms with Crippen LogP contribution >= 0.6 is 0 Å². The van der Waals surface area contributed by atoms with Gasteiger partial charge in [-0.3, -0.25) is 24.0 Å². The molecule has 1 atom stereocenters. The van der Waals surface area contributed by atoms with E-state index in [9.17, 15) is 24.0 Å². The lowest BCUT2D eigenvalue weighted by atomic mass is 9.85. The third-order valence-corrected chi connectivity index (χ3v) is 18.5. The molecule has 7 N–H and O–H groups in total. The molecule has 6 aromatic rings. The molecule has 506 valence electrons. The molecule has 0 bridgehead atoms. The Bertz CT molecular complexity index is 3630. The monoisotopic (exact) mass is 1300 g/mol. The number of aromatic nitrogens is 5. The number of rotatable bonds is 11. The molecule has 19 nitrogen and oxygen atoms in total. The minimum atomic E-state index is -0.360. The van der Waals surface area contributed by atoms with E-state index in [1.807, 2.05) is 67.8 Å². The number of nitrogens with one attached hydrogen (secondary N) is 7. The Labute approximate surface area is 567 Å². The second kappa shape index (κ2) is 38.0. The number of aromatic amines is 3. The maximum Gasteiger partial charge on any atom is 0.291 e. The lowest BCUT2D eigenvalue weighted by molar-refractivity contribution is -0.130. The van der Waals surface area contributed by atoms with Crippen LogP contribution in [0.2, 0.25) is 0 Å². The molecule has 5 amide bonds. The number of nitrogens with zero attached hydrogens (tertiary/aromatic N) is 7. The van der Waals surface area contributed by atoms with E-state index in [0.717, 1.165) is 125 Å². The van der Waals surface area contributed by atoms with Crippen LogP contribution in [-0.2, 0) is 9.59 Å². The van der Waals surface area contributed by atoms with Crippen molar-refractivity contribution in [3.8, 4) is 18.2 Å². The second-order valence-electron chi connectivity index (χ2n) is 24.8. The summed E-state index contributed by atoms with van der Waals surface area (Å²) in [7, 11) is 1.50. The first-order chi connectivity index (χ1) is 46.7. The summed E-state index contributed by atoms with van der Waals surface area (Å²) in [5, 5.41) is 38.2. The van der Waals surface area contributed by atoms with Crippen molar-refractivity contribution in [2.24, 2.45) is 5.92 Å². The molecule has 3 aromatic heterocycles. The van der Waals surface area contributed by atoms with E-state index < -0.39 is 0 Å². The summed E-state index contributed by atoms with van der Waals surface area (Å²) in [6.07, 6.45) is 30.3. The third-order valence-electron chi connectivity index (χ3n) is 18.5. The fraction of sp³-hybridized carbons (Fsp3) is 0.455. The number of imidazole rings is 2. The first-order valence-corrected chi connectivity index (χ1v) is 34.7. The summed E-state index contributed by atoms with van der Waals surface area (Å²) >= 11 is 0. The van der Waals surface area contributed by atoms with E-state index in [-0.39, 0.29) is 52.6 Å². The average Bonchev–Trinajstić information content (AvgIpc) is 1.16. The Balaban J connectivity index is 0.000000187. The van der Waals surface area contributed by atoms with E-state index in [4.69, 9.17) is 15.8 Å². The Kier molecular flexibility index (Phi) is 29.2. The molecule has 0 spiro atoms. The molecule has 0 radical (unpaired) electrons. The Morgan fingerprint density at radius 2 is 1.05 bits per heavy atom. The molecule has 3 aliphatic heterocycles. The van der Waals surface area contributed by atoms with Crippen LogP contribution in [0.5, 0.6) is 0 Å². The quantitative estimate of drug-likeness (QED) is 0.0640. The molecule has 0 saturated carbocycles. The summed E-state index contributed by atoms with van der Waals surface area (Å²) in [5.41, 5.74) is 14.8. The number of hydrogen-bond acceptors (Lipinski definition) is 11. The van der Waals surface area contributed by atoms with Crippen molar-refractivity contribution in [1.29, 1.82) is 15.8 Å². The fourth-order valence-corrected chi connectivity index (χ4v) is 13.0. The fourth-order valence-electron chi connectivity index (χ4n) is 13.0. The van der Waals surface area contributed by atoms with Crippen molar-refractivity contribution in [2.45, 2.75) is 175 Å². The molecule has 19 heteroatoms. The predicted octanol–water partition coefficient (Wildman–Crippen LogP) is 15.1. The molecule has 12 rings (SSSR count). The van der Waals surface area contributed by atoms with Crippen molar-refractivity contribution < 1.29 is 24.0 Å². The maximum absolute atomic E-state index is 12.8. The summed E-state index contributed by atoms with van der Waals surface area (Å²) in [4.78, 5) is 79.2. The normalized spacial score (nSPS) is 17.1. The standard InChI is InChI=1S/C25H28N4O2.C24H27N5O2.C18H25N.C6H6N4O.2C2H6/c1-17(30)29-11-9-19(10-12-29)21-7-8-23(22(14-21)20-5-3-2-4-6-20)28-25(31)24-13-18(15-26)16-27-24;1-16(30)29-11-9-17(10-12-29)19-7-8-22(21(13-19)18-5-3-2-4-6-18)28-24(31)23-26-15-20(14-25)27-23;1-14-5-7-15(8-6-14)17-3-2-4-18(13-17)16-9-11-19-12-10-16;1-8-6(11)5-9-3-4(2-7)10-5;2*1-2/h5,7-8,13-14,16,19,27H,2-4,6,9-12H2,1H3,(H,28,31);5,7-8,13,15,17H,2-4,6,9-12H2,1H3,(H,26,27)(H,28,31);2-4,7,13-14,16,19H,5-6,8-12H2,1H3;3H,1H3,(H,8,11)(H,9,10);2*1-2H3. The van der Waals surface area contributed by atoms with Gasteiger partial charge in [-0.05, 0) is 215 Å². The minimum absolute atomic E-state index is 0.126. The molecule has 96 heavy (non-hydrogen) atoms. The molecule has 1 unspecified atom stereocenters. The van der Waals surface area contributed by atoms with E-state index in [0.29, 0.717) is 23.1 Å². The van der Waals surface area contributed by atoms with Crippen LogP contribution in [0.4, 0.5) is 11.4 Å². The first kappa shape index (κ1) is 73.8. The second-order valence-corrected chi connectivity index (χ2v) is 24.8. The molecule has 3 aliphatic carbocycles. The van der Waals surface area contributed by atoms with Gasteiger partial charge >= 0.3 is 0 Å². The topological polar surface area (TPSA) is 284 Å². The Morgan fingerprint density at radius 3 is 1.49 bits per heavy atom. The van der Waals surface area contributed by atoms with Crippen LogP contribution in [0.15, 0.2) is 104 Å². The van der Waals surface area contributed by atoms with Gasteiger partial charge in [0.15, 0.2) is 11.6 Å². The average molecular weight is 1300 g/mol. The molecule has 6 heterocycles. The highest BCUT2D eigenvalue weighted by atomic mass is 16.2. The number of likely N-dealkylation sites (tertiary alicyclic amines) is 2. The highest BCUT2D eigenvalue weighted by Crippen LogP contribution is 2.39. The van der Waals surface area contributed by atoms with Crippen molar-refractivity contribution in [3.63, 3.8) is 0 Å². The SMILES string of the molecule is CC.CC.CC(=O)N1CCC(c2ccc(NC(=O)c3cc(C#N)c[nH]3)c(C3=CCCCC3)c2)CC1.CC(=O)N1CCC(c2ccc(NC(=O)c3ncc(C#N)[nH]3)c(C3=CCCCC3)c2)CC1.CC1CC=C(c2cccc(C3CCNCC3)c2)CC1.CNC(=O)c1ncc(C#N)[nH]1. The number of anilines is 2. The number of carbonyl (C=O) groups is 5. The van der Waals surface area contributed by atoms with Gasteiger partial charge < -0.3 is 46.0 Å². The Morgan fingerprint density at radius 1 is 0.552 bits per heavy atom. The summed E-state index contributed by atoms with van der Waals surface area (Å²) in [5.74, 6) is 2.10. The van der Waals surface area contributed by atoms with Crippen LogP contribution in [0, 0.1) is 39.9 Å². The van der Waals surface area contributed by atoms with Crippen LogP contribution in [-0.4, -0.2) is 111 Å². The van der Waals surface area contributed by atoms with E-state index >= 15 is 0 Å². The highest BCUT2D eigenvalue weighted by Gasteiger charge is 2.27. The van der Waals surface area contributed by atoms with E-state index in [2.05, 4.69) is 120 Å². The number of amides is 5. The van der Waals surface area contributed by atoms with E-state index in [1.54, 1.807) is 31.1 Å². The van der Waals surface area contributed by atoms with Crippen molar-refractivity contribution in [2.75, 3.05) is 56.9 Å². The van der Waals surface area contributed by atoms with E-state index in [1.165, 1.54) is 112 Å². The van der Waals surface area contributed by atoms with Gasteiger partial charge in [-0.1, -0.05) is 89.2 Å². The first-order valence-electron chi connectivity index (χ1n) is 34.7. The van der Waals surface area contributed by atoms with Gasteiger partial charge in [-0.15, -0.1) is 0 Å². The molecule has 3 fully saturated rings. The minimum Gasteiger partial charge on any atom is -0.356 e. The number of piperidine rings is 3. The molecular formula is C77H98N14O5. The Hall–Kier alpha value is -9.64. The van der Waals surface area contributed by atoms with Crippen LogP contribution < -0.4 is 21.3 Å². The van der Waals surface area contributed by atoms with Crippen molar-refractivity contribution in [1.82, 2.24) is 45.4 Å². The van der Waals surface area contributed by atoms with Crippen molar-refractivity contribution >= 4 is 57.6 Å². The smallest absolute Gasteiger partial charge is 0.291 e. The zero-order valence-electron chi connectivity index (χ0n) is 57.6. The number of nitriles is 3. The molecule has 6 aliphatic rings. The van der Waals surface area contributed by atoms with Crippen molar-refractivity contribution in [3.05, 3.63) is 171 Å². The summed E-state index contributed by atoms with van der Waals surface area (Å²) in [6, 6.07) is 29.3. The molecular weight excluding hydrogens is 1200 g/mol. The lowest BCUT2D eigenvalue weighted by Gasteiger charge is -2.32. The van der Waals surface area contributed by atoms with Gasteiger partial charge in [0.1, 0.15) is 35.3 Å². The summed E-state index contributed by atoms with van der Waals surface area (Å²) in [6.45, 7) is 19.1. The molecule has 3 saturated heterocycles. The van der Waals surface area contributed by atoms with Crippen LogP contribution in [0.25, 0.3) is 16.7 Å². The zero-order valence-corrected chi connectivity index (χ0v) is 57.6. The maximum atomic E-state index is 12.8. The number of H-pyrrole nitrogens is 3. The van der Waals surface area contributed by atoms with Crippen LogP contribution in [0.3, 0.4) is 0 Å². The predicted molar refractivity (Wildman–Crippen MR) is 381 cm³/mol. The number of hydrogen-bond donors (Lipinski definition) is 7. The third kappa shape index (κ3) is 20.9. The largest absolute Gasteiger partial charge is 0.356 e. The molecule has 3 aromatic carbocycles. The summed E-state index contributed by atoms with van der Waals surface area (Å²) < 4.78 is 0. The van der Waals surface area contributed by atoms with Gasteiger partial charge in [-0.2, -0.15) is 15.8 Å². The van der Waals surface area contributed by atoms with Gasteiger partial charge in [0.05, 0.1) is 18.0 Å². The zero-order chi connectivity index (χ0) is 68.9. The van der Waals surface area contributed by atoms with Gasteiger partial charge in [0.25, 0.3) is 17.7 Å². The lowest BCUT2D eigenvalue weighted by Crippen LogP contribution is -2.36. The number of benzene rings is 3. The van der Waals surface area contributed by atoms with Gasteiger partial charge in [0.2, 0.25) is 11.8 Å².